The third-order valence-corrected chi connectivity index (χ3v) is 7.34. The van der Waals surface area contributed by atoms with E-state index in [2.05, 4.69) is 32.0 Å². The molecule has 3 heterocycles. The lowest BCUT2D eigenvalue weighted by Crippen LogP contribution is -2.24. The van der Waals surface area contributed by atoms with E-state index in [9.17, 15) is 9.59 Å². The van der Waals surface area contributed by atoms with E-state index < -0.39 is 11.2 Å². The number of benzene rings is 1. The number of aryl methyl sites for hydroxylation is 2. The van der Waals surface area contributed by atoms with Gasteiger partial charge >= 0.3 is 5.97 Å². The van der Waals surface area contributed by atoms with Crippen LogP contribution in [0, 0.1) is 6.92 Å². The molecule has 11 heteroatoms. The van der Waals surface area contributed by atoms with Crippen molar-refractivity contribution in [2.24, 2.45) is 0 Å². The first-order valence-electron chi connectivity index (χ1n) is 10.7. The summed E-state index contributed by atoms with van der Waals surface area (Å²) in [5, 5.41) is 12.9. The van der Waals surface area contributed by atoms with Crippen LogP contribution in [0.15, 0.2) is 29.4 Å². The highest BCUT2D eigenvalue weighted by Gasteiger charge is 2.24. The Hall–Kier alpha value is -3.05. The number of ether oxygens (including phenoxy) is 1. The van der Waals surface area contributed by atoms with Crippen LogP contribution in [0.2, 0.25) is 0 Å². The number of anilines is 1. The molecule has 4 rings (SSSR count). The second-order valence-electron chi connectivity index (χ2n) is 7.19. The largest absolute Gasteiger partial charge is 0.462 e. The molecular formula is C22H24N6O3S2. The van der Waals surface area contributed by atoms with E-state index in [1.807, 2.05) is 31.2 Å². The quantitative estimate of drug-likeness (QED) is 0.288. The summed E-state index contributed by atoms with van der Waals surface area (Å²) in [6, 6.07) is 8.01. The lowest BCUT2D eigenvalue weighted by molar-refractivity contribution is -0.115. The average molecular weight is 485 g/mol. The Morgan fingerprint density at radius 3 is 2.70 bits per heavy atom. The Labute approximate surface area is 199 Å². The van der Waals surface area contributed by atoms with E-state index >= 15 is 0 Å². The molecular weight excluding hydrogens is 460 g/mol. The zero-order valence-corrected chi connectivity index (χ0v) is 20.4. The summed E-state index contributed by atoms with van der Waals surface area (Å²) in [6.45, 7) is 8.46. The number of para-hydroxylation sites is 1. The average Bonchev–Trinajstić information content (AvgIpc) is 3.34. The second-order valence-corrected chi connectivity index (χ2v) is 9.35. The van der Waals surface area contributed by atoms with Crippen molar-refractivity contribution < 1.29 is 14.3 Å². The summed E-state index contributed by atoms with van der Waals surface area (Å²) >= 11 is 2.37. The van der Waals surface area contributed by atoms with Gasteiger partial charge in [0, 0.05) is 11.9 Å². The van der Waals surface area contributed by atoms with Crippen LogP contribution >= 0.6 is 23.1 Å². The van der Waals surface area contributed by atoms with Crippen LogP contribution in [0.3, 0.4) is 0 Å². The van der Waals surface area contributed by atoms with Gasteiger partial charge in [-0.15, -0.1) is 10.2 Å². The van der Waals surface area contributed by atoms with E-state index in [1.165, 1.54) is 11.8 Å². The van der Waals surface area contributed by atoms with Gasteiger partial charge in [-0.05, 0) is 33.3 Å². The van der Waals surface area contributed by atoms with E-state index in [0.29, 0.717) is 27.3 Å². The summed E-state index contributed by atoms with van der Waals surface area (Å²) in [7, 11) is 0. The number of amides is 1. The Balaban J connectivity index is 1.55. The van der Waals surface area contributed by atoms with Crippen LogP contribution in [-0.2, 0) is 16.1 Å². The summed E-state index contributed by atoms with van der Waals surface area (Å²) in [5.74, 6) is -0.667. The van der Waals surface area contributed by atoms with Gasteiger partial charge < -0.3 is 14.6 Å². The number of carbonyl (C=O) groups is 2. The van der Waals surface area contributed by atoms with Crippen LogP contribution in [0.25, 0.3) is 22.1 Å². The van der Waals surface area contributed by atoms with Gasteiger partial charge in [0.2, 0.25) is 11.1 Å². The second kappa shape index (κ2) is 9.84. The molecule has 0 aliphatic heterocycles. The fraction of sp³-hybridized carbons (Fsp3) is 0.364. The standard InChI is InChI=1S/C22H24N6O3S2/c1-5-15(19(29)25-21-23-12(4)17(33-21)20(30)31-7-3)32-22-24-18-16(26-27-22)13-10-8-9-11-14(13)28(18)6-2/h8-11,15H,5-7H2,1-4H3,(H,23,25,29)/t15-/m1/s1. The molecule has 33 heavy (non-hydrogen) atoms. The topological polar surface area (TPSA) is 112 Å². The number of thiazole rings is 1. The van der Waals surface area contributed by atoms with Crippen molar-refractivity contribution in [3.63, 3.8) is 0 Å². The maximum atomic E-state index is 12.9. The zero-order chi connectivity index (χ0) is 23.5. The van der Waals surface area contributed by atoms with Gasteiger partial charge in [-0.2, -0.15) is 0 Å². The van der Waals surface area contributed by atoms with Crippen molar-refractivity contribution >= 4 is 62.2 Å². The highest BCUT2D eigenvalue weighted by molar-refractivity contribution is 8.00. The number of fused-ring (bicyclic) bond motifs is 3. The number of aromatic nitrogens is 5. The summed E-state index contributed by atoms with van der Waals surface area (Å²) in [4.78, 5) is 34.4. The van der Waals surface area contributed by atoms with Crippen molar-refractivity contribution in [2.45, 2.75) is 51.1 Å². The fourth-order valence-electron chi connectivity index (χ4n) is 3.53. The van der Waals surface area contributed by atoms with E-state index in [4.69, 9.17) is 9.72 Å². The van der Waals surface area contributed by atoms with Gasteiger partial charge in [0.1, 0.15) is 10.4 Å². The number of hydrogen-bond donors (Lipinski definition) is 1. The molecule has 0 aliphatic rings. The van der Waals surface area contributed by atoms with Crippen LogP contribution in [-0.4, -0.2) is 48.5 Å². The van der Waals surface area contributed by atoms with Crippen molar-refractivity contribution in [2.75, 3.05) is 11.9 Å². The Morgan fingerprint density at radius 2 is 1.97 bits per heavy atom. The molecule has 0 fully saturated rings. The van der Waals surface area contributed by atoms with E-state index in [1.54, 1.807) is 13.8 Å². The van der Waals surface area contributed by atoms with Gasteiger partial charge in [0.25, 0.3) is 0 Å². The molecule has 172 valence electrons. The minimum Gasteiger partial charge on any atom is -0.462 e. The maximum absolute atomic E-state index is 12.9. The Bertz CT molecular complexity index is 1330. The molecule has 0 radical (unpaired) electrons. The van der Waals surface area contributed by atoms with Crippen LogP contribution in [0.1, 0.15) is 42.6 Å². The molecule has 0 bridgehead atoms. The highest BCUT2D eigenvalue weighted by atomic mass is 32.2. The molecule has 0 saturated carbocycles. The van der Waals surface area contributed by atoms with Gasteiger partial charge in [-0.25, -0.2) is 14.8 Å². The first kappa shape index (κ1) is 23.1. The Morgan fingerprint density at radius 1 is 1.18 bits per heavy atom. The van der Waals surface area contributed by atoms with Crippen molar-refractivity contribution in [3.8, 4) is 0 Å². The van der Waals surface area contributed by atoms with Crippen LogP contribution < -0.4 is 5.32 Å². The number of thioether (sulfide) groups is 1. The van der Waals surface area contributed by atoms with E-state index in [-0.39, 0.29) is 12.5 Å². The minimum absolute atomic E-state index is 0.230. The smallest absolute Gasteiger partial charge is 0.350 e. The third kappa shape index (κ3) is 4.55. The summed E-state index contributed by atoms with van der Waals surface area (Å²) in [6.07, 6.45) is 0.559. The molecule has 1 atom stereocenters. The fourth-order valence-corrected chi connectivity index (χ4v) is 5.21. The third-order valence-electron chi connectivity index (χ3n) is 5.07. The SMILES string of the molecule is CCOC(=O)c1sc(NC(=O)[C@@H](CC)Sc2nnc3c4ccccc4n(CC)c3n2)nc1C. The van der Waals surface area contributed by atoms with Crippen molar-refractivity contribution in [3.05, 3.63) is 34.8 Å². The first-order chi connectivity index (χ1) is 16.0. The van der Waals surface area contributed by atoms with Gasteiger partial charge in [-0.3, -0.25) is 4.79 Å². The van der Waals surface area contributed by atoms with E-state index in [0.717, 1.165) is 39.9 Å². The molecule has 3 aromatic heterocycles. The van der Waals surface area contributed by atoms with Gasteiger partial charge in [-0.1, -0.05) is 48.2 Å². The predicted molar refractivity (Wildman–Crippen MR) is 130 cm³/mol. The van der Waals surface area contributed by atoms with Crippen molar-refractivity contribution in [1.82, 2.24) is 24.7 Å². The van der Waals surface area contributed by atoms with Crippen LogP contribution in [0.4, 0.5) is 5.13 Å². The van der Waals surface area contributed by atoms with Gasteiger partial charge in [0.15, 0.2) is 10.8 Å². The number of carbonyl (C=O) groups excluding carboxylic acids is 2. The molecule has 1 aromatic carbocycles. The number of hydrogen-bond acceptors (Lipinski definition) is 9. The molecule has 1 N–H and O–H groups in total. The maximum Gasteiger partial charge on any atom is 0.350 e. The monoisotopic (exact) mass is 484 g/mol. The molecule has 0 aliphatic carbocycles. The lowest BCUT2D eigenvalue weighted by atomic mass is 10.2. The molecule has 0 saturated heterocycles. The summed E-state index contributed by atoms with van der Waals surface area (Å²) < 4.78 is 7.14. The molecule has 4 aromatic rings. The predicted octanol–water partition coefficient (Wildman–Crippen LogP) is 4.45. The molecule has 1 amide bonds. The highest BCUT2D eigenvalue weighted by Crippen LogP contribution is 2.30. The first-order valence-corrected chi connectivity index (χ1v) is 12.4. The zero-order valence-electron chi connectivity index (χ0n) is 18.8. The molecule has 0 unspecified atom stereocenters. The molecule has 0 spiro atoms. The number of esters is 1. The molecule has 9 nitrogen and oxygen atoms in total. The number of nitrogens with one attached hydrogen (secondary N) is 1. The minimum atomic E-state index is -0.445. The lowest BCUT2D eigenvalue weighted by Gasteiger charge is -2.12. The number of rotatable bonds is 8. The van der Waals surface area contributed by atoms with Crippen molar-refractivity contribution in [1.29, 1.82) is 0 Å². The Kier molecular flexibility index (Phi) is 6.89. The number of nitrogens with zero attached hydrogens (tertiary/aromatic N) is 5. The van der Waals surface area contributed by atoms with Gasteiger partial charge in [0.05, 0.1) is 23.1 Å². The summed E-state index contributed by atoms with van der Waals surface area (Å²) in [5.41, 5.74) is 3.08. The van der Waals surface area contributed by atoms with Crippen LogP contribution in [0.5, 0.6) is 0 Å². The normalized spacial score (nSPS) is 12.2.